The Labute approximate surface area is 134 Å². The van der Waals surface area contributed by atoms with E-state index >= 15 is 0 Å². The molecule has 0 amide bonds. The Hall–Kier alpha value is -1.33. The maximum Gasteiger partial charge on any atom is 0.120 e. The lowest BCUT2D eigenvalue weighted by Crippen LogP contribution is -2.02. The lowest BCUT2D eigenvalue weighted by molar-refractivity contribution is 0.339. The largest absolute Gasteiger partial charge is 0.494 e. The van der Waals surface area contributed by atoms with E-state index in [2.05, 4.69) is 12.0 Å². The number of aryl methyl sites for hydroxylation is 2. The van der Waals surface area contributed by atoms with Crippen molar-refractivity contribution in [2.75, 3.05) is 12.3 Å². The third-order valence-electron chi connectivity index (χ3n) is 3.11. The fraction of sp³-hybridized carbons (Fsp3) is 0.400. The fourth-order valence-corrected chi connectivity index (χ4v) is 3.35. The van der Waals surface area contributed by atoms with Crippen molar-refractivity contribution in [2.24, 2.45) is 0 Å². The summed E-state index contributed by atoms with van der Waals surface area (Å²) < 4.78 is 7.45. The number of halogens is 1. The number of nitrogens with two attached hydrogens (primary N) is 1. The van der Waals surface area contributed by atoms with Crippen LogP contribution in [0, 0.1) is 6.92 Å². The number of nitrogens with zero attached hydrogens (tertiary/aromatic N) is 2. The van der Waals surface area contributed by atoms with Crippen LogP contribution in [0.4, 0.5) is 5.69 Å². The Morgan fingerprint density at radius 1 is 1.38 bits per heavy atom. The van der Waals surface area contributed by atoms with Gasteiger partial charge in [-0.2, -0.15) is 5.10 Å². The van der Waals surface area contributed by atoms with Crippen molar-refractivity contribution in [1.29, 1.82) is 0 Å². The maximum atomic E-state index is 6.33. The van der Waals surface area contributed by atoms with Gasteiger partial charge in [-0.1, -0.05) is 11.6 Å². The second-order valence-corrected chi connectivity index (χ2v) is 5.98. The van der Waals surface area contributed by atoms with Gasteiger partial charge in [0.2, 0.25) is 0 Å². The molecule has 6 heteroatoms. The van der Waals surface area contributed by atoms with E-state index < -0.39 is 0 Å². The topological polar surface area (TPSA) is 53.1 Å². The van der Waals surface area contributed by atoms with Crippen LogP contribution in [0.25, 0.3) is 0 Å². The van der Waals surface area contributed by atoms with Crippen LogP contribution in [-0.2, 0) is 12.3 Å². The Morgan fingerprint density at radius 3 is 2.81 bits per heavy atom. The molecule has 2 N–H and O–H groups in total. The van der Waals surface area contributed by atoms with Crippen LogP contribution in [-0.4, -0.2) is 16.4 Å². The molecular weight excluding hydrogens is 306 g/mol. The minimum atomic E-state index is 0.641. The van der Waals surface area contributed by atoms with E-state index in [4.69, 9.17) is 22.1 Å². The molecule has 0 radical (unpaired) electrons. The fourth-order valence-electron chi connectivity index (χ4n) is 2.05. The highest BCUT2D eigenvalue weighted by atomic mass is 35.5. The first kappa shape index (κ1) is 16.0. The number of benzene rings is 1. The predicted octanol–water partition coefficient (Wildman–Crippen LogP) is 4.14. The van der Waals surface area contributed by atoms with Gasteiger partial charge in [-0.15, -0.1) is 11.8 Å². The van der Waals surface area contributed by atoms with Crippen molar-refractivity contribution >= 4 is 29.1 Å². The van der Waals surface area contributed by atoms with E-state index in [1.807, 2.05) is 36.7 Å². The summed E-state index contributed by atoms with van der Waals surface area (Å²) in [5, 5.41) is 5.17. The van der Waals surface area contributed by atoms with E-state index in [0.29, 0.717) is 6.61 Å². The summed E-state index contributed by atoms with van der Waals surface area (Å²) in [6.45, 7) is 7.39. The van der Waals surface area contributed by atoms with Gasteiger partial charge >= 0.3 is 0 Å². The summed E-state index contributed by atoms with van der Waals surface area (Å²) in [5.41, 5.74) is 8.68. The van der Waals surface area contributed by atoms with Gasteiger partial charge in [0.25, 0.3) is 0 Å². The molecule has 0 saturated heterocycles. The lowest BCUT2D eigenvalue weighted by atomic mass is 10.3. The van der Waals surface area contributed by atoms with Gasteiger partial charge in [0.1, 0.15) is 5.75 Å². The number of ether oxygens (including phenoxy) is 1. The summed E-state index contributed by atoms with van der Waals surface area (Å²) in [6.07, 6.45) is 0. The smallest absolute Gasteiger partial charge is 0.120 e. The molecule has 0 saturated carbocycles. The Kier molecular flexibility index (Phi) is 5.42. The number of nitrogen functional groups attached to an aromatic ring is 1. The Balaban J connectivity index is 2.18. The highest BCUT2D eigenvalue weighted by Crippen LogP contribution is 2.33. The highest BCUT2D eigenvalue weighted by Gasteiger charge is 2.13. The van der Waals surface area contributed by atoms with Crippen LogP contribution in [0.1, 0.15) is 25.2 Å². The molecule has 1 aromatic heterocycles. The molecule has 2 rings (SSSR count). The summed E-state index contributed by atoms with van der Waals surface area (Å²) in [5.74, 6) is 1.56. The number of hydrogen-bond acceptors (Lipinski definition) is 4. The van der Waals surface area contributed by atoms with Gasteiger partial charge < -0.3 is 10.5 Å². The minimum Gasteiger partial charge on any atom is -0.494 e. The zero-order valence-electron chi connectivity index (χ0n) is 12.5. The predicted molar refractivity (Wildman–Crippen MR) is 89.2 cm³/mol. The van der Waals surface area contributed by atoms with Crippen LogP contribution in [0.15, 0.2) is 23.1 Å². The zero-order chi connectivity index (χ0) is 15.4. The molecule has 0 aliphatic heterocycles. The zero-order valence-corrected chi connectivity index (χ0v) is 14.1. The molecule has 0 unspecified atom stereocenters. The van der Waals surface area contributed by atoms with E-state index in [9.17, 15) is 0 Å². The number of thioether (sulfide) groups is 1. The van der Waals surface area contributed by atoms with Crippen molar-refractivity contribution in [3.63, 3.8) is 0 Å². The van der Waals surface area contributed by atoms with Crippen LogP contribution in [0.3, 0.4) is 0 Å². The quantitative estimate of drug-likeness (QED) is 0.640. The Bertz CT molecular complexity index is 628. The van der Waals surface area contributed by atoms with Crippen molar-refractivity contribution in [3.8, 4) is 5.75 Å². The van der Waals surface area contributed by atoms with Crippen LogP contribution >= 0.6 is 23.4 Å². The number of anilines is 1. The molecule has 4 nitrogen and oxygen atoms in total. The van der Waals surface area contributed by atoms with Gasteiger partial charge in [0.05, 0.1) is 23.0 Å². The van der Waals surface area contributed by atoms with Gasteiger partial charge in [-0.3, -0.25) is 4.68 Å². The standard InChI is InChI=1S/C15H20ClN3OS/c1-4-19-13(15(16)10(3)18-19)9-21-14-8-11(20-5-2)6-7-12(14)17/h6-8H,4-5,9,17H2,1-3H3. The van der Waals surface area contributed by atoms with Crippen LogP contribution in [0.5, 0.6) is 5.75 Å². The normalized spacial score (nSPS) is 10.9. The average molecular weight is 326 g/mol. The van der Waals surface area contributed by atoms with Crippen molar-refractivity contribution in [3.05, 3.63) is 34.6 Å². The third-order valence-corrected chi connectivity index (χ3v) is 4.69. The van der Waals surface area contributed by atoms with E-state index in [-0.39, 0.29) is 0 Å². The minimum absolute atomic E-state index is 0.641. The highest BCUT2D eigenvalue weighted by molar-refractivity contribution is 7.98. The first-order valence-electron chi connectivity index (χ1n) is 6.93. The molecule has 21 heavy (non-hydrogen) atoms. The van der Waals surface area contributed by atoms with Crippen molar-refractivity contribution in [1.82, 2.24) is 9.78 Å². The monoisotopic (exact) mass is 325 g/mol. The molecule has 0 aliphatic carbocycles. The molecule has 1 aromatic carbocycles. The van der Waals surface area contributed by atoms with Crippen LogP contribution < -0.4 is 10.5 Å². The molecule has 0 fully saturated rings. The molecule has 0 atom stereocenters. The van der Waals surface area contributed by atoms with E-state index in [1.165, 1.54) is 0 Å². The second-order valence-electron chi connectivity index (χ2n) is 4.58. The molecule has 0 aliphatic rings. The maximum absolute atomic E-state index is 6.33. The van der Waals surface area contributed by atoms with Gasteiger partial charge in [-0.25, -0.2) is 0 Å². The van der Waals surface area contributed by atoms with Gasteiger partial charge in [0, 0.05) is 22.9 Å². The molecule has 0 spiro atoms. The van der Waals surface area contributed by atoms with Crippen molar-refractivity contribution in [2.45, 2.75) is 38.0 Å². The van der Waals surface area contributed by atoms with E-state index in [0.717, 1.165) is 45.0 Å². The average Bonchev–Trinajstić information content (AvgIpc) is 2.75. The summed E-state index contributed by atoms with van der Waals surface area (Å²) in [4.78, 5) is 0.999. The third kappa shape index (κ3) is 3.66. The lowest BCUT2D eigenvalue weighted by Gasteiger charge is -2.10. The summed E-state index contributed by atoms with van der Waals surface area (Å²) >= 11 is 7.97. The first-order valence-corrected chi connectivity index (χ1v) is 8.30. The van der Waals surface area contributed by atoms with Crippen molar-refractivity contribution < 1.29 is 4.74 Å². The first-order chi connectivity index (χ1) is 10.1. The molecule has 1 heterocycles. The molecular formula is C15H20ClN3OS. The molecule has 0 bridgehead atoms. The Morgan fingerprint density at radius 2 is 2.14 bits per heavy atom. The number of hydrogen-bond donors (Lipinski definition) is 1. The SMILES string of the molecule is CCOc1ccc(N)c(SCc2c(Cl)c(C)nn2CC)c1. The number of aromatic nitrogens is 2. The van der Waals surface area contributed by atoms with Gasteiger partial charge in [0.15, 0.2) is 0 Å². The summed E-state index contributed by atoms with van der Waals surface area (Å²) in [6, 6.07) is 5.73. The number of rotatable bonds is 6. The molecule has 2 aromatic rings. The van der Waals surface area contributed by atoms with E-state index in [1.54, 1.807) is 11.8 Å². The molecule has 114 valence electrons. The van der Waals surface area contributed by atoms with Crippen LogP contribution in [0.2, 0.25) is 5.02 Å². The van der Waals surface area contributed by atoms with Gasteiger partial charge in [-0.05, 0) is 39.0 Å². The second kappa shape index (κ2) is 7.09. The summed E-state index contributed by atoms with van der Waals surface area (Å²) in [7, 11) is 0.